The summed E-state index contributed by atoms with van der Waals surface area (Å²) in [7, 11) is -4.55. The number of hydrogen-bond donors (Lipinski definition) is 2. The Morgan fingerprint density at radius 3 is 1.75 bits per heavy atom. The Morgan fingerprint density at radius 1 is 0.938 bits per heavy atom. The number of nitrogens with zero attached hydrogens (tertiary/aromatic N) is 3. The van der Waals surface area contributed by atoms with Gasteiger partial charge in [-0.15, -0.1) is 11.7 Å². The third-order valence-electron chi connectivity index (χ3n) is 5.22. The Bertz CT molecular complexity index is 683. The van der Waals surface area contributed by atoms with Gasteiger partial charge >= 0.3 is 25.6 Å². The first-order chi connectivity index (χ1) is 14.8. The molecule has 186 valence electrons. The van der Waals surface area contributed by atoms with E-state index < -0.39 is 48.0 Å². The molecule has 0 bridgehead atoms. The zero-order valence-corrected chi connectivity index (χ0v) is 19.1. The molecule has 0 radical (unpaired) electrons. The molecule has 2 heterocycles. The average molecular weight is 491 g/mol. The first-order valence-electron chi connectivity index (χ1n) is 10.6. The predicted molar refractivity (Wildman–Crippen MR) is 105 cm³/mol. The lowest BCUT2D eigenvalue weighted by atomic mass is 10.2. The highest BCUT2D eigenvalue weighted by atomic mass is 31.2. The van der Waals surface area contributed by atoms with Gasteiger partial charge in [-0.25, -0.2) is 4.57 Å². The van der Waals surface area contributed by atoms with Gasteiger partial charge in [0.25, 0.3) is 0 Å². The number of halogens is 3. The van der Waals surface area contributed by atoms with E-state index in [0.29, 0.717) is 25.7 Å². The summed E-state index contributed by atoms with van der Waals surface area (Å²) >= 11 is 0. The van der Waals surface area contributed by atoms with Crippen molar-refractivity contribution < 1.29 is 50.8 Å². The zero-order chi connectivity index (χ0) is 24.0. The molecule has 0 aromatic rings. The van der Waals surface area contributed by atoms with Crippen LogP contribution in [-0.2, 0) is 28.1 Å². The second-order valence-electron chi connectivity index (χ2n) is 8.14. The highest BCUT2D eigenvalue weighted by Crippen LogP contribution is 2.53. The second-order valence-corrected chi connectivity index (χ2v) is 9.97. The standard InChI is InChI=1S/C17H33F3N5O6P/c1-2-29-15(26)13-23(16(27)17(18,19)20)14-32(28,30-24(21)9-5-3-6-10-24)31-25(22)11-7-4-8-12-25/h2-14,21-22H2,1H3/q+2. The predicted octanol–water partition coefficient (Wildman–Crippen LogP) is 1.70. The van der Waals surface area contributed by atoms with E-state index in [1.807, 2.05) is 0 Å². The monoisotopic (exact) mass is 491 g/mol. The normalized spacial score (nSPS) is 21.1. The summed E-state index contributed by atoms with van der Waals surface area (Å²) in [6.45, 7) is 1.28. The second kappa shape index (κ2) is 10.8. The molecule has 0 atom stereocenters. The Balaban J connectivity index is 2.34. The Kier molecular flexibility index (Phi) is 9.07. The fourth-order valence-electron chi connectivity index (χ4n) is 3.76. The van der Waals surface area contributed by atoms with Gasteiger partial charge in [-0.2, -0.15) is 13.2 Å². The van der Waals surface area contributed by atoms with Gasteiger partial charge in [-0.05, 0) is 19.8 Å². The smallest absolute Gasteiger partial charge is 0.465 e. The molecular weight excluding hydrogens is 458 g/mol. The van der Waals surface area contributed by atoms with Crippen LogP contribution in [0.3, 0.4) is 0 Å². The number of piperidine rings is 2. The minimum absolute atomic E-state index is 0.0605. The van der Waals surface area contributed by atoms with Gasteiger partial charge in [0.2, 0.25) is 0 Å². The van der Waals surface area contributed by atoms with Gasteiger partial charge in [0, 0.05) is 25.7 Å². The van der Waals surface area contributed by atoms with E-state index >= 15 is 0 Å². The first-order valence-corrected chi connectivity index (χ1v) is 12.4. The molecule has 2 saturated heterocycles. The number of esters is 1. The van der Waals surface area contributed by atoms with Gasteiger partial charge in [-0.3, -0.25) is 9.59 Å². The fourth-order valence-corrected chi connectivity index (χ4v) is 5.85. The summed E-state index contributed by atoms with van der Waals surface area (Å²) in [5, 5.41) is 0. The van der Waals surface area contributed by atoms with Crippen molar-refractivity contribution in [2.75, 3.05) is 45.6 Å². The van der Waals surface area contributed by atoms with Crippen molar-refractivity contribution in [1.29, 1.82) is 0 Å². The molecule has 0 aliphatic carbocycles. The Hall–Kier alpha value is -1.28. The van der Waals surface area contributed by atoms with Crippen LogP contribution in [-0.4, -0.2) is 78.1 Å². The number of amides is 1. The van der Waals surface area contributed by atoms with Crippen molar-refractivity contribution >= 4 is 19.5 Å². The van der Waals surface area contributed by atoms with Crippen molar-refractivity contribution in [3.63, 3.8) is 0 Å². The van der Waals surface area contributed by atoms with Crippen LogP contribution in [0, 0.1) is 0 Å². The molecule has 0 unspecified atom stereocenters. The minimum atomic E-state index is -5.32. The molecule has 0 saturated carbocycles. The van der Waals surface area contributed by atoms with E-state index in [1.165, 1.54) is 6.92 Å². The number of hydroxylamine groups is 4. The lowest BCUT2D eigenvalue weighted by Gasteiger charge is -2.39. The SMILES string of the molecule is CCOC(=O)CN(CP(=O)(O[N+]1(N)CCCCC1)O[N+]1(N)CCCCC1)C(=O)C(F)(F)F. The molecule has 0 aromatic carbocycles. The lowest BCUT2D eigenvalue weighted by Crippen LogP contribution is -2.60. The van der Waals surface area contributed by atoms with Gasteiger partial charge < -0.3 is 9.64 Å². The van der Waals surface area contributed by atoms with E-state index in [2.05, 4.69) is 4.74 Å². The largest absolute Gasteiger partial charge is 0.471 e. The minimum Gasteiger partial charge on any atom is -0.465 e. The van der Waals surface area contributed by atoms with E-state index in [-0.39, 0.29) is 37.7 Å². The van der Waals surface area contributed by atoms with Crippen molar-refractivity contribution in [3.8, 4) is 0 Å². The number of carbonyl (C=O) groups excluding carboxylic acids is 2. The van der Waals surface area contributed by atoms with Crippen molar-refractivity contribution in [3.05, 3.63) is 0 Å². The summed E-state index contributed by atoms with van der Waals surface area (Å²) < 4.78 is 68.0. The molecule has 15 heteroatoms. The quantitative estimate of drug-likeness (QED) is 0.215. The highest BCUT2D eigenvalue weighted by molar-refractivity contribution is 7.53. The number of quaternary nitrogens is 2. The molecular formula is C17H33F3N5O6P+2. The van der Waals surface area contributed by atoms with E-state index in [1.54, 1.807) is 0 Å². The summed E-state index contributed by atoms with van der Waals surface area (Å²) in [5.74, 6) is 8.89. The summed E-state index contributed by atoms with van der Waals surface area (Å²) in [6.07, 6.45) is -2.16. The van der Waals surface area contributed by atoms with Crippen LogP contribution < -0.4 is 11.7 Å². The molecule has 32 heavy (non-hydrogen) atoms. The molecule has 4 N–H and O–H groups in total. The lowest BCUT2D eigenvalue weighted by molar-refractivity contribution is -1.12. The van der Waals surface area contributed by atoms with Crippen LogP contribution in [0.2, 0.25) is 0 Å². The molecule has 1 amide bonds. The van der Waals surface area contributed by atoms with Crippen LogP contribution >= 0.6 is 7.60 Å². The van der Waals surface area contributed by atoms with Gasteiger partial charge in [0.15, 0.2) is 0 Å². The molecule has 2 aliphatic rings. The van der Waals surface area contributed by atoms with Crippen LogP contribution in [0.1, 0.15) is 45.4 Å². The van der Waals surface area contributed by atoms with Crippen LogP contribution in [0.15, 0.2) is 0 Å². The number of hydrogen-bond acceptors (Lipinski definition) is 8. The Labute approximate surface area is 184 Å². The maximum absolute atomic E-state index is 13.8. The third-order valence-corrected chi connectivity index (χ3v) is 7.06. The third kappa shape index (κ3) is 7.94. The fraction of sp³-hybridized carbons (Fsp3) is 0.882. The van der Waals surface area contributed by atoms with E-state index in [4.69, 9.17) is 20.9 Å². The summed E-state index contributed by atoms with van der Waals surface area (Å²) in [6, 6.07) is 0. The van der Waals surface area contributed by atoms with Gasteiger partial charge in [0.05, 0.1) is 6.61 Å². The van der Waals surface area contributed by atoms with Crippen LogP contribution in [0.4, 0.5) is 13.2 Å². The molecule has 2 fully saturated rings. The molecule has 11 nitrogen and oxygen atoms in total. The van der Waals surface area contributed by atoms with Gasteiger partial charge in [0.1, 0.15) is 39.0 Å². The topological polar surface area (TPSA) is 134 Å². The van der Waals surface area contributed by atoms with E-state index in [9.17, 15) is 27.3 Å². The van der Waals surface area contributed by atoms with Crippen molar-refractivity contribution in [2.45, 2.75) is 51.6 Å². The van der Waals surface area contributed by atoms with Crippen molar-refractivity contribution in [2.24, 2.45) is 11.7 Å². The van der Waals surface area contributed by atoms with Crippen molar-refractivity contribution in [1.82, 2.24) is 4.90 Å². The molecule has 0 aromatic heterocycles. The maximum atomic E-state index is 13.8. The number of rotatable bonds is 9. The number of nitrogens with two attached hydrogens (primary N) is 2. The van der Waals surface area contributed by atoms with Crippen LogP contribution in [0.25, 0.3) is 0 Å². The number of alkyl halides is 3. The van der Waals surface area contributed by atoms with Gasteiger partial charge in [-0.1, -0.05) is 18.8 Å². The molecule has 0 spiro atoms. The zero-order valence-electron chi connectivity index (χ0n) is 18.2. The van der Waals surface area contributed by atoms with E-state index in [0.717, 1.165) is 12.8 Å². The highest BCUT2D eigenvalue weighted by Gasteiger charge is 2.52. The summed E-state index contributed by atoms with van der Waals surface area (Å²) in [4.78, 5) is 23.9. The molecule has 2 aliphatic heterocycles. The number of carbonyl (C=O) groups is 2. The molecule has 2 rings (SSSR count). The number of ether oxygens (including phenoxy) is 1. The maximum Gasteiger partial charge on any atom is 0.471 e. The Morgan fingerprint density at radius 2 is 1.38 bits per heavy atom. The van der Waals surface area contributed by atoms with Crippen LogP contribution in [0.5, 0.6) is 0 Å². The first kappa shape index (κ1) is 27.0. The average Bonchev–Trinajstić information content (AvgIpc) is 2.66. The summed E-state index contributed by atoms with van der Waals surface area (Å²) in [5.41, 5.74) is 0.